The van der Waals surface area contributed by atoms with Crippen LogP contribution in [0.15, 0.2) is 54.7 Å². The quantitative estimate of drug-likeness (QED) is 0.763. The van der Waals surface area contributed by atoms with Gasteiger partial charge < -0.3 is 5.11 Å². The molecule has 3 rings (SSSR count). The molecule has 0 aliphatic heterocycles. The summed E-state index contributed by atoms with van der Waals surface area (Å²) in [5.74, 6) is -0.929. The molecule has 0 amide bonds. The van der Waals surface area contributed by atoms with Gasteiger partial charge in [0.15, 0.2) is 0 Å². The van der Waals surface area contributed by atoms with Crippen molar-refractivity contribution in [2.45, 2.75) is 0 Å². The second-order valence-corrected chi connectivity index (χ2v) is 4.28. The van der Waals surface area contributed by atoms with Crippen molar-refractivity contribution in [2.24, 2.45) is 0 Å². The first-order valence-corrected chi connectivity index (χ1v) is 6.04. The summed E-state index contributed by atoms with van der Waals surface area (Å²) in [7, 11) is 0. The molecule has 0 atom stereocenters. The number of rotatable bonds is 3. The monoisotopic (exact) mass is 265 g/mol. The van der Waals surface area contributed by atoms with E-state index in [2.05, 4.69) is 15.4 Å². The van der Waals surface area contributed by atoms with Gasteiger partial charge in [0.25, 0.3) is 0 Å². The zero-order valence-electron chi connectivity index (χ0n) is 10.4. The molecule has 98 valence electrons. The van der Waals surface area contributed by atoms with E-state index in [0.717, 1.165) is 16.8 Å². The molecule has 3 aromatic rings. The molecule has 0 radical (unpaired) electrons. The average Bonchev–Trinajstić information content (AvgIpc) is 3.02. The number of carbonyl (C=O) groups is 1. The lowest BCUT2D eigenvalue weighted by atomic mass is 9.98. The van der Waals surface area contributed by atoms with E-state index < -0.39 is 5.97 Å². The lowest BCUT2D eigenvalue weighted by Crippen LogP contribution is -1.98. The molecule has 20 heavy (non-hydrogen) atoms. The Bertz CT molecular complexity index is 734. The highest BCUT2D eigenvalue weighted by atomic mass is 16.4. The van der Waals surface area contributed by atoms with Gasteiger partial charge in [-0.05, 0) is 17.2 Å². The molecule has 0 unspecified atom stereocenters. The van der Waals surface area contributed by atoms with E-state index in [4.69, 9.17) is 0 Å². The number of nitrogens with one attached hydrogen (secondary N) is 1. The van der Waals surface area contributed by atoms with Crippen LogP contribution in [0.3, 0.4) is 0 Å². The molecule has 0 bridgehead atoms. The first kappa shape index (κ1) is 12.1. The van der Waals surface area contributed by atoms with E-state index in [1.165, 1.54) is 0 Å². The number of nitrogens with zero attached hydrogens (tertiary/aromatic N) is 2. The molecule has 1 aromatic heterocycles. The van der Waals surface area contributed by atoms with Crippen LogP contribution in [0.25, 0.3) is 22.4 Å². The summed E-state index contributed by atoms with van der Waals surface area (Å²) in [4.78, 5) is 11.2. The fraction of sp³-hybridized carbons (Fsp3) is 0. The van der Waals surface area contributed by atoms with Crippen molar-refractivity contribution < 1.29 is 9.90 Å². The molecule has 2 N–H and O–H groups in total. The van der Waals surface area contributed by atoms with E-state index in [-0.39, 0.29) is 0 Å². The standard InChI is InChI=1S/C15H11N3O2/c19-15(20)13-4-2-1-3-12(13)10-5-7-11(8-6-10)14-9-16-18-17-14/h1-9H,(H,19,20)(H,16,17,18). The number of hydrogen-bond donors (Lipinski definition) is 2. The second kappa shape index (κ2) is 4.97. The molecular formula is C15H11N3O2. The zero-order chi connectivity index (χ0) is 13.9. The fourth-order valence-electron chi connectivity index (χ4n) is 2.08. The first-order valence-electron chi connectivity index (χ1n) is 6.04. The van der Waals surface area contributed by atoms with Crippen molar-refractivity contribution in [1.82, 2.24) is 15.4 Å². The normalized spacial score (nSPS) is 10.4. The maximum absolute atomic E-state index is 11.2. The lowest BCUT2D eigenvalue weighted by molar-refractivity contribution is 0.0697. The molecule has 0 saturated heterocycles. The third-order valence-corrected chi connectivity index (χ3v) is 3.06. The molecule has 5 heteroatoms. The molecule has 0 spiro atoms. The van der Waals surface area contributed by atoms with Crippen LogP contribution in [0.1, 0.15) is 10.4 Å². The van der Waals surface area contributed by atoms with Gasteiger partial charge in [0.2, 0.25) is 0 Å². The highest BCUT2D eigenvalue weighted by molar-refractivity contribution is 5.96. The Hall–Kier alpha value is -2.95. The molecule has 0 fully saturated rings. The largest absolute Gasteiger partial charge is 0.478 e. The molecule has 0 aliphatic rings. The Morgan fingerprint density at radius 2 is 1.70 bits per heavy atom. The second-order valence-electron chi connectivity index (χ2n) is 4.28. The first-order chi connectivity index (χ1) is 9.75. The highest BCUT2D eigenvalue weighted by Crippen LogP contribution is 2.26. The van der Waals surface area contributed by atoms with Gasteiger partial charge in [0.1, 0.15) is 5.69 Å². The van der Waals surface area contributed by atoms with Crippen molar-refractivity contribution in [3.63, 3.8) is 0 Å². The Labute approximate surface area is 114 Å². The summed E-state index contributed by atoms with van der Waals surface area (Å²) in [5.41, 5.74) is 3.53. The van der Waals surface area contributed by atoms with Gasteiger partial charge in [-0.3, -0.25) is 0 Å². The summed E-state index contributed by atoms with van der Waals surface area (Å²) in [5, 5.41) is 19.5. The number of aromatic amines is 1. The number of carboxylic acids is 1. The Balaban J connectivity index is 2.02. The molecule has 1 heterocycles. The van der Waals surface area contributed by atoms with Crippen LogP contribution in [-0.2, 0) is 0 Å². The van der Waals surface area contributed by atoms with Gasteiger partial charge in [-0.25, -0.2) is 4.79 Å². The van der Waals surface area contributed by atoms with Crippen molar-refractivity contribution >= 4 is 5.97 Å². The number of hydrogen-bond acceptors (Lipinski definition) is 3. The maximum atomic E-state index is 11.2. The number of carboxylic acid groups (broad SMARTS) is 1. The Morgan fingerprint density at radius 1 is 1.00 bits per heavy atom. The van der Waals surface area contributed by atoms with E-state index in [0.29, 0.717) is 11.1 Å². The van der Waals surface area contributed by atoms with Gasteiger partial charge >= 0.3 is 5.97 Å². The number of aromatic carboxylic acids is 1. The summed E-state index contributed by atoms with van der Waals surface area (Å²) in [6.45, 7) is 0. The summed E-state index contributed by atoms with van der Waals surface area (Å²) in [6.07, 6.45) is 1.64. The fourth-order valence-corrected chi connectivity index (χ4v) is 2.08. The van der Waals surface area contributed by atoms with E-state index >= 15 is 0 Å². The third kappa shape index (κ3) is 2.16. The minimum Gasteiger partial charge on any atom is -0.478 e. The SMILES string of the molecule is O=C(O)c1ccccc1-c1ccc(-c2cn[nH]n2)cc1. The van der Waals surface area contributed by atoms with Crippen LogP contribution < -0.4 is 0 Å². The number of benzene rings is 2. The van der Waals surface area contributed by atoms with Crippen LogP contribution in [0.4, 0.5) is 0 Å². The molecule has 0 aliphatic carbocycles. The third-order valence-electron chi connectivity index (χ3n) is 3.06. The van der Waals surface area contributed by atoms with E-state index in [1.54, 1.807) is 24.4 Å². The summed E-state index contributed by atoms with van der Waals surface area (Å²) in [6, 6.07) is 14.5. The highest BCUT2D eigenvalue weighted by Gasteiger charge is 2.10. The topological polar surface area (TPSA) is 78.9 Å². The molecule has 2 aromatic carbocycles. The summed E-state index contributed by atoms with van der Waals surface area (Å²) < 4.78 is 0. The minimum atomic E-state index is -0.929. The maximum Gasteiger partial charge on any atom is 0.336 e. The van der Waals surface area contributed by atoms with E-state index in [9.17, 15) is 9.90 Å². The average molecular weight is 265 g/mol. The summed E-state index contributed by atoms with van der Waals surface area (Å²) >= 11 is 0. The van der Waals surface area contributed by atoms with Crippen LogP contribution in [0.5, 0.6) is 0 Å². The Kier molecular flexibility index (Phi) is 3.01. The van der Waals surface area contributed by atoms with Gasteiger partial charge in [-0.2, -0.15) is 15.4 Å². The van der Waals surface area contributed by atoms with Gasteiger partial charge in [0.05, 0.1) is 11.8 Å². The molecule has 5 nitrogen and oxygen atoms in total. The van der Waals surface area contributed by atoms with Crippen molar-refractivity contribution in [1.29, 1.82) is 0 Å². The zero-order valence-corrected chi connectivity index (χ0v) is 10.4. The Morgan fingerprint density at radius 3 is 2.35 bits per heavy atom. The van der Waals surface area contributed by atoms with Gasteiger partial charge in [-0.15, -0.1) is 0 Å². The van der Waals surface area contributed by atoms with E-state index in [1.807, 2.05) is 30.3 Å². The van der Waals surface area contributed by atoms with Gasteiger partial charge in [0, 0.05) is 5.56 Å². The predicted octanol–water partition coefficient (Wildman–Crippen LogP) is 2.84. The van der Waals surface area contributed by atoms with Crippen LogP contribution in [-0.4, -0.2) is 26.5 Å². The van der Waals surface area contributed by atoms with Gasteiger partial charge in [-0.1, -0.05) is 42.5 Å². The number of aromatic nitrogens is 3. The van der Waals surface area contributed by atoms with Crippen LogP contribution in [0, 0.1) is 0 Å². The van der Waals surface area contributed by atoms with Crippen molar-refractivity contribution in [2.75, 3.05) is 0 Å². The van der Waals surface area contributed by atoms with Crippen molar-refractivity contribution in [3.05, 3.63) is 60.3 Å². The molecule has 0 saturated carbocycles. The smallest absolute Gasteiger partial charge is 0.336 e. The molecular weight excluding hydrogens is 254 g/mol. The van der Waals surface area contributed by atoms with Crippen molar-refractivity contribution in [3.8, 4) is 22.4 Å². The number of H-pyrrole nitrogens is 1. The lowest BCUT2D eigenvalue weighted by Gasteiger charge is -2.06. The van der Waals surface area contributed by atoms with Crippen LogP contribution in [0.2, 0.25) is 0 Å². The van der Waals surface area contributed by atoms with Crippen LogP contribution >= 0.6 is 0 Å². The minimum absolute atomic E-state index is 0.293. The predicted molar refractivity (Wildman–Crippen MR) is 74.2 cm³/mol.